The van der Waals surface area contributed by atoms with Gasteiger partial charge in [-0.2, -0.15) is 0 Å². The Labute approximate surface area is 152 Å². The molecule has 1 aromatic rings. The Hall–Kier alpha value is -0.606. The van der Waals surface area contributed by atoms with Crippen LogP contribution in [0.2, 0.25) is 23.2 Å². The molecule has 0 N–H and O–H groups in total. The molecule has 1 aromatic carbocycles. The van der Waals surface area contributed by atoms with E-state index >= 15 is 0 Å². The molecule has 2 heteroatoms. The van der Waals surface area contributed by atoms with E-state index in [0.29, 0.717) is 10.1 Å². The fourth-order valence-electron chi connectivity index (χ4n) is 4.31. The molecular weight excluding hydrogens is 320 g/mol. The van der Waals surface area contributed by atoms with E-state index in [1.54, 1.807) is 10.4 Å². The van der Waals surface area contributed by atoms with Crippen molar-refractivity contribution < 1.29 is 0 Å². The van der Waals surface area contributed by atoms with Crippen LogP contribution < -0.4 is 10.4 Å². The molecule has 0 aliphatic carbocycles. The molecule has 0 saturated carbocycles. The Morgan fingerprint density at radius 3 is 1.83 bits per heavy atom. The van der Waals surface area contributed by atoms with Crippen molar-refractivity contribution in [3.8, 4) is 0 Å². The van der Waals surface area contributed by atoms with Crippen LogP contribution in [-0.2, 0) is 0 Å². The largest absolute Gasteiger partial charge is 0.114 e. The molecule has 0 aromatic heterocycles. The molecule has 0 radical (unpaired) electrons. The lowest BCUT2D eigenvalue weighted by Crippen LogP contribution is -2.70. The first-order valence-electron chi connectivity index (χ1n) is 9.72. The molecule has 0 spiro atoms. The number of fused-ring (bicyclic) bond motifs is 1. The average Bonchev–Trinajstić information content (AvgIpc) is 2.47. The van der Waals surface area contributed by atoms with Gasteiger partial charge in [0.25, 0.3) is 0 Å². The van der Waals surface area contributed by atoms with Crippen molar-refractivity contribution >= 4 is 26.5 Å². The van der Waals surface area contributed by atoms with Gasteiger partial charge in [0.2, 0.25) is 0 Å². The van der Waals surface area contributed by atoms with Crippen molar-refractivity contribution in [2.75, 3.05) is 0 Å². The quantitative estimate of drug-likeness (QED) is 0.575. The maximum atomic E-state index is 2.85. The van der Waals surface area contributed by atoms with Crippen LogP contribution in [0.3, 0.4) is 0 Å². The highest BCUT2D eigenvalue weighted by molar-refractivity contribution is 7.10. The van der Waals surface area contributed by atoms with Gasteiger partial charge in [-0.05, 0) is 16.5 Å². The van der Waals surface area contributed by atoms with Gasteiger partial charge < -0.3 is 0 Å². The summed E-state index contributed by atoms with van der Waals surface area (Å²) in [4.78, 5) is 0. The zero-order chi connectivity index (χ0) is 18.4. The molecule has 0 bridgehead atoms. The summed E-state index contributed by atoms with van der Waals surface area (Å²) >= 11 is 0. The monoisotopic (exact) mass is 358 g/mol. The highest BCUT2D eigenvalue weighted by Gasteiger charge is 2.53. The van der Waals surface area contributed by atoms with Gasteiger partial charge in [0.05, 0.1) is 0 Å². The standard InChI is InChI=1S/C22H38Si2/c1-10-11-14-18-17-23(8,21(2,3)4)19-15-12-13-16-20(19)24(18,9)22(5,6)7/h12-13,15-17H,10-11,14H2,1-9H3/t23-,24+/m1/s1. The van der Waals surface area contributed by atoms with Crippen LogP contribution in [0.15, 0.2) is 35.2 Å². The third-order valence-corrected chi connectivity index (χ3v) is 19.3. The van der Waals surface area contributed by atoms with E-state index < -0.39 is 16.1 Å². The van der Waals surface area contributed by atoms with E-state index in [2.05, 4.69) is 91.5 Å². The maximum Gasteiger partial charge on any atom is 0.114 e. The van der Waals surface area contributed by atoms with Crippen LogP contribution >= 0.6 is 0 Å². The van der Waals surface area contributed by atoms with E-state index in [4.69, 9.17) is 0 Å². The van der Waals surface area contributed by atoms with Gasteiger partial charge in [0.1, 0.15) is 16.1 Å². The van der Waals surface area contributed by atoms with E-state index in [-0.39, 0.29) is 0 Å². The second kappa shape index (κ2) is 6.28. The Morgan fingerprint density at radius 2 is 1.38 bits per heavy atom. The summed E-state index contributed by atoms with van der Waals surface area (Å²) in [5, 5.41) is 6.03. The van der Waals surface area contributed by atoms with Crippen molar-refractivity contribution in [3.05, 3.63) is 35.2 Å². The third-order valence-electron chi connectivity index (χ3n) is 6.99. The van der Waals surface area contributed by atoms with Crippen LogP contribution in [0.1, 0.15) is 67.7 Å². The molecule has 2 atom stereocenters. The van der Waals surface area contributed by atoms with E-state index in [1.807, 2.05) is 5.20 Å². The predicted molar refractivity (Wildman–Crippen MR) is 116 cm³/mol. The van der Waals surface area contributed by atoms with Gasteiger partial charge in [-0.25, -0.2) is 0 Å². The average molecular weight is 359 g/mol. The fraction of sp³-hybridized carbons (Fsp3) is 0.636. The number of benzene rings is 1. The fourth-order valence-corrected chi connectivity index (χ4v) is 15.0. The van der Waals surface area contributed by atoms with Crippen molar-refractivity contribution in [3.63, 3.8) is 0 Å². The number of rotatable bonds is 3. The molecule has 134 valence electrons. The Balaban J connectivity index is 2.81. The number of allylic oxidation sites excluding steroid dienone is 1. The molecule has 1 aliphatic rings. The van der Waals surface area contributed by atoms with Crippen LogP contribution in [0.4, 0.5) is 0 Å². The lowest BCUT2D eigenvalue weighted by atomic mass is 10.2. The first kappa shape index (κ1) is 19.7. The van der Waals surface area contributed by atoms with Gasteiger partial charge in [0.15, 0.2) is 0 Å². The van der Waals surface area contributed by atoms with Crippen molar-refractivity contribution in [2.45, 2.75) is 90.9 Å². The van der Waals surface area contributed by atoms with Crippen LogP contribution in [-0.4, -0.2) is 16.1 Å². The van der Waals surface area contributed by atoms with Crippen molar-refractivity contribution in [1.29, 1.82) is 0 Å². The molecule has 2 rings (SSSR count). The Kier molecular flexibility index (Phi) is 5.16. The zero-order valence-electron chi connectivity index (χ0n) is 17.5. The van der Waals surface area contributed by atoms with Crippen LogP contribution in [0.5, 0.6) is 0 Å². The SMILES string of the molecule is CCCCC1=C[Si@@](C)(C(C)(C)C)c2ccccc2[Si@@]1(C)C(C)(C)C. The molecule has 0 unspecified atom stereocenters. The lowest BCUT2D eigenvalue weighted by molar-refractivity contribution is 0.713. The summed E-state index contributed by atoms with van der Waals surface area (Å²) in [6.45, 7) is 22.4. The first-order chi connectivity index (χ1) is 10.9. The van der Waals surface area contributed by atoms with Gasteiger partial charge >= 0.3 is 0 Å². The molecule has 1 heterocycles. The smallest absolute Gasteiger partial charge is 0.0940 e. The summed E-state index contributed by atoms with van der Waals surface area (Å²) < 4.78 is 0. The molecular formula is C22H38Si2. The summed E-state index contributed by atoms with van der Waals surface area (Å²) in [6, 6.07) is 9.52. The Bertz CT molecular complexity index is 630. The minimum atomic E-state index is -1.70. The molecule has 0 amide bonds. The van der Waals surface area contributed by atoms with Crippen LogP contribution in [0, 0.1) is 0 Å². The Morgan fingerprint density at radius 1 is 0.833 bits per heavy atom. The van der Waals surface area contributed by atoms with Gasteiger partial charge in [-0.15, -0.1) is 0 Å². The number of hydrogen-bond acceptors (Lipinski definition) is 0. The van der Waals surface area contributed by atoms with E-state index in [1.165, 1.54) is 19.3 Å². The molecule has 1 aliphatic heterocycles. The third kappa shape index (κ3) is 2.90. The minimum absolute atomic E-state index is 0.355. The normalized spacial score (nSPS) is 27.6. The van der Waals surface area contributed by atoms with Crippen LogP contribution in [0.25, 0.3) is 0 Å². The van der Waals surface area contributed by atoms with Gasteiger partial charge in [-0.1, -0.05) is 120 Å². The summed E-state index contributed by atoms with van der Waals surface area (Å²) in [5.74, 6) is 0. The summed E-state index contributed by atoms with van der Waals surface area (Å²) in [5.41, 5.74) is 2.85. The lowest BCUT2D eigenvalue weighted by Gasteiger charge is -2.52. The second-order valence-electron chi connectivity index (χ2n) is 10.1. The summed E-state index contributed by atoms with van der Waals surface area (Å²) in [6.07, 6.45) is 3.94. The molecule has 0 saturated heterocycles. The molecule has 0 nitrogen and oxygen atoms in total. The van der Waals surface area contributed by atoms with E-state index in [9.17, 15) is 0 Å². The molecule has 24 heavy (non-hydrogen) atoms. The minimum Gasteiger partial charge on any atom is -0.0940 e. The first-order valence-corrected chi connectivity index (χ1v) is 14.8. The highest BCUT2D eigenvalue weighted by atomic mass is 28.3. The topological polar surface area (TPSA) is 0 Å². The molecule has 0 fully saturated rings. The van der Waals surface area contributed by atoms with E-state index in [0.717, 1.165) is 0 Å². The van der Waals surface area contributed by atoms with Gasteiger partial charge in [0, 0.05) is 0 Å². The predicted octanol–water partition coefficient (Wildman–Crippen LogP) is 6.07. The highest BCUT2D eigenvalue weighted by Crippen LogP contribution is 2.47. The second-order valence-corrected chi connectivity index (χ2v) is 19.8. The zero-order valence-corrected chi connectivity index (χ0v) is 19.5. The number of hydrogen-bond donors (Lipinski definition) is 0. The van der Waals surface area contributed by atoms with Gasteiger partial charge in [-0.3, -0.25) is 0 Å². The summed E-state index contributed by atoms with van der Waals surface area (Å²) in [7, 11) is -3.36. The van der Waals surface area contributed by atoms with Crippen molar-refractivity contribution in [1.82, 2.24) is 0 Å². The number of unbranched alkanes of at least 4 members (excludes halogenated alkanes) is 1. The van der Waals surface area contributed by atoms with Crippen molar-refractivity contribution in [2.24, 2.45) is 0 Å². The maximum absolute atomic E-state index is 2.85.